The summed E-state index contributed by atoms with van der Waals surface area (Å²) in [7, 11) is 1.73. The van der Waals surface area contributed by atoms with Gasteiger partial charge in [0.2, 0.25) is 0 Å². The fourth-order valence-electron chi connectivity index (χ4n) is 1.74. The number of aryl methyl sites for hydroxylation is 2. The van der Waals surface area contributed by atoms with E-state index in [-0.39, 0.29) is 5.82 Å². The minimum absolute atomic E-state index is 0.0544. The third-order valence-electron chi connectivity index (χ3n) is 2.66. The maximum absolute atomic E-state index is 11.6. The van der Waals surface area contributed by atoms with E-state index in [0.29, 0.717) is 17.5 Å². The first-order valence-electron chi connectivity index (χ1n) is 5.87. The van der Waals surface area contributed by atoms with Gasteiger partial charge in [-0.2, -0.15) is 0 Å². The maximum atomic E-state index is 11.6. The first kappa shape index (κ1) is 13.5. The fourth-order valence-corrected chi connectivity index (χ4v) is 1.91. The molecule has 0 radical (unpaired) electrons. The Hall–Kier alpha value is -1.88. The SMILES string of the molecule is CCOC(=O)c1nc(-c2cc(Cl)ccc2C)n(C)n1. The molecule has 0 saturated heterocycles. The van der Waals surface area contributed by atoms with Crippen LogP contribution in [0.1, 0.15) is 23.1 Å². The minimum atomic E-state index is -0.524. The number of halogens is 1. The number of hydrogen-bond donors (Lipinski definition) is 0. The number of nitrogens with zero attached hydrogens (tertiary/aromatic N) is 3. The highest BCUT2D eigenvalue weighted by Crippen LogP contribution is 2.24. The summed E-state index contributed by atoms with van der Waals surface area (Å²) in [4.78, 5) is 15.8. The predicted molar refractivity (Wildman–Crippen MR) is 72.1 cm³/mol. The molecule has 0 saturated carbocycles. The lowest BCUT2D eigenvalue weighted by molar-refractivity contribution is 0.0512. The molecule has 0 aliphatic heterocycles. The highest BCUT2D eigenvalue weighted by atomic mass is 35.5. The molecule has 0 atom stereocenters. The van der Waals surface area contributed by atoms with Crippen LogP contribution in [0.5, 0.6) is 0 Å². The second-order valence-corrected chi connectivity index (χ2v) is 4.50. The topological polar surface area (TPSA) is 57.0 Å². The summed E-state index contributed by atoms with van der Waals surface area (Å²) < 4.78 is 6.43. The number of carbonyl (C=O) groups is 1. The van der Waals surface area contributed by atoms with Gasteiger partial charge in [0, 0.05) is 17.6 Å². The van der Waals surface area contributed by atoms with Crippen LogP contribution in [0.25, 0.3) is 11.4 Å². The van der Waals surface area contributed by atoms with E-state index < -0.39 is 5.97 Å². The first-order valence-corrected chi connectivity index (χ1v) is 6.25. The number of hydrogen-bond acceptors (Lipinski definition) is 4. The maximum Gasteiger partial charge on any atom is 0.378 e. The Balaban J connectivity index is 2.46. The van der Waals surface area contributed by atoms with Crippen molar-refractivity contribution in [2.75, 3.05) is 6.61 Å². The number of rotatable bonds is 3. The van der Waals surface area contributed by atoms with Gasteiger partial charge in [-0.15, -0.1) is 5.10 Å². The summed E-state index contributed by atoms with van der Waals surface area (Å²) in [5, 5.41) is 4.68. The number of carbonyl (C=O) groups excluding carboxylic acids is 1. The monoisotopic (exact) mass is 279 g/mol. The van der Waals surface area contributed by atoms with E-state index in [9.17, 15) is 4.79 Å². The Bertz CT molecular complexity index is 622. The molecule has 0 bridgehead atoms. The van der Waals surface area contributed by atoms with Crippen LogP contribution in [0, 0.1) is 6.92 Å². The number of ether oxygens (including phenoxy) is 1. The summed E-state index contributed by atoms with van der Waals surface area (Å²) in [5.41, 5.74) is 1.85. The summed E-state index contributed by atoms with van der Waals surface area (Å²) >= 11 is 5.99. The molecular formula is C13H14ClN3O2. The van der Waals surface area contributed by atoms with Crippen molar-refractivity contribution < 1.29 is 9.53 Å². The van der Waals surface area contributed by atoms with Gasteiger partial charge >= 0.3 is 5.97 Å². The highest BCUT2D eigenvalue weighted by molar-refractivity contribution is 6.30. The van der Waals surface area contributed by atoms with E-state index in [0.717, 1.165) is 11.1 Å². The Kier molecular flexibility index (Phi) is 3.85. The summed E-state index contributed by atoms with van der Waals surface area (Å²) in [6.07, 6.45) is 0. The van der Waals surface area contributed by atoms with Crippen LogP contribution < -0.4 is 0 Å². The van der Waals surface area contributed by atoms with Crippen molar-refractivity contribution in [2.45, 2.75) is 13.8 Å². The zero-order valence-electron chi connectivity index (χ0n) is 11.0. The fraction of sp³-hybridized carbons (Fsp3) is 0.308. The van der Waals surface area contributed by atoms with Gasteiger partial charge < -0.3 is 4.74 Å². The lowest BCUT2D eigenvalue weighted by atomic mass is 10.1. The van der Waals surface area contributed by atoms with Crippen LogP contribution in [0.15, 0.2) is 18.2 Å². The average molecular weight is 280 g/mol. The van der Waals surface area contributed by atoms with Gasteiger partial charge in [0.25, 0.3) is 5.82 Å². The summed E-state index contributed by atoms with van der Waals surface area (Å²) in [6, 6.07) is 5.51. The molecule has 6 heteroatoms. The lowest BCUT2D eigenvalue weighted by Gasteiger charge is -2.04. The summed E-state index contributed by atoms with van der Waals surface area (Å²) in [6.45, 7) is 3.98. The largest absolute Gasteiger partial charge is 0.460 e. The number of esters is 1. The molecule has 0 spiro atoms. The molecular weight excluding hydrogens is 266 g/mol. The van der Waals surface area contributed by atoms with Crippen molar-refractivity contribution >= 4 is 17.6 Å². The Morgan fingerprint density at radius 3 is 2.89 bits per heavy atom. The Morgan fingerprint density at radius 2 is 2.21 bits per heavy atom. The van der Waals surface area contributed by atoms with Crippen molar-refractivity contribution in [2.24, 2.45) is 7.05 Å². The average Bonchev–Trinajstić information content (AvgIpc) is 2.75. The van der Waals surface area contributed by atoms with Crippen molar-refractivity contribution in [3.8, 4) is 11.4 Å². The predicted octanol–water partition coefficient (Wildman–Crippen LogP) is 2.62. The van der Waals surface area contributed by atoms with E-state index in [1.807, 2.05) is 19.1 Å². The van der Waals surface area contributed by atoms with Gasteiger partial charge in [-0.3, -0.25) is 0 Å². The second kappa shape index (κ2) is 5.40. The smallest absolute Gasteiger partial charge is 0.378 e. The lowest BCUT2D eigenvalue weighted by Crippen LogP contribution is -2.07. The molecule has 2 aromatic rings. The number of benzene rings is 1. The van der Waals surface area contributed by atoms with Crippen LogP contribution >= 0.6 is 11.6 Å². The molecule has 19 heavy (non-hydrogen) atoms. The van der Waals surface area contributed by atoms with E-state index >= 15 is 0 Å². The molecule has 100 valence electrons. The quantitative estimate of drug-likeness (QED) is 0.811. The molecule has 0 unspecified atom stereocenters. The van der Waals surface area contributed by atoms with Crippen molar-refractivity contribution in [1.82, 2.24) is 14.8 Å². The van der Waals surface area contributed by atoms with Gasteiger partial charge in [-0.25, -0.2) is 14.5 Å². The minimum Gasteiger partial charge on any atom is -0.460 e. The molecule has 0 N–H and O–H groups in total. The third kappa shape index (κ3) is 2.76. The normalized spacial score (nSPS) is 10.5. The molecule has 0 aliphatic carbocycles. The third-order valence-corrected chi connectivity index (χ3v) is 2.90. The standard InChI is InChI=1S/C13H14ClN3O2/c1-4-19-13(18)11-15-12(17(3)16-11)10-7-9(14)6-5-8(10)2/h5-7H,4H2,1-3H3. The second-order valence-electron chi connectivity index (χ2n) is 4.06. The van der Waals surface area contributed by atoms with Crippen molar-refractivity contribution in [1.29, 1.82) is 0 Å². The Morgan fingerprint density at radius 1 is 1.47 bits per heavy atom. The van der Waals surface area contributed by atoms with Gasteiger partial charge in [-0.1, -0.05) is 17.7 Å². The number of aromatic nitrogens is 3. The van der Waals surface area contributed by atoms with Gasteiger partial charge in [-0.05, 0) is 31.5 Å². The van der Waals surface area contributed by atoms with Crippen LogP contribution in [-0.4, -0.2) is 27.3 Å². The molecule has 1 aromatic heterocycles. The molecule has 5 nitrogen and oxygen atoms in total. The van der Waals surface area contributed by atoms with E-state index in [2.05, 4.69) is 10.1 Å². The van der Waals surface area contributed by atoms with Crippen LogP contribution in [-0.2, 0) is 11.8 Å². The first-order chi connectivity index (χ1) is 9.02. The zero-order valence-corrected chi connectivity index (χ0v) is 11.7. The van der Waals surface area contributed by atoms with E-state index in [4.69, 9.17) is 16.3 Å². The molecule has 0 fully saturated rings. The van der Waals surface area contributed by atoms with Crippen molar-refractivity contribution in [3.05, 3.63) is 34.6 Å². The van der Waals surface area contributed by atoms with Crippen LogP contribution in [0.4, 0.5) is 0 Å². The highest BCUT2D eigenvalue weighted by Gasteiger charge is 2.18. The zero-order chi connectivity index (χ0) is 14.0. The van der Waals surface area contributed by atoms with E-state index in [1.165, 1.54) is 0 Å². The molecule has 0 aliphatic rings. The van der Waals surface area contributed by atoms with Gasteiger partial charge in [0.05, 0.1) is 6.61 Å². The Labute approximate surface area is 116 Å². The summed E-state index contributed by atoms with van der Waals surface area (Å²) in [5.74, 6) is 0.116. The van der Waals surface area contributed by atoms with Crippen molar-refractivity contribution in [3.63, 3.8) is 0 Å². The molecule has 1 heterocycles. The molecule has 1 aromatic carbocycles. The molecule has 2 rings (SSSR count). The van der Waals surface area contributed by atoms with Gasteiger partial charge in [0.15, 0.2) is 5.82 Å². The van der Waals surface area contributed by atoms with Crippen LogP contribution in [0.3, 0.4) is 0 Å². The van der Waals surface area contributed by atoms with Crippen LogP contribution in [0.2, 0.25) is 5.02 Å². The molecule has 0 amide bonds. The van der Waals surface area contributed by atoms with E-state index in [1.54, 1.807) is 24.7 Å². The van der Waals surface area contributed by atoms with Gasteiger partial charge in [0.1, 0.15) is 0 Å².